The number of pyridine rings is 1. The van der Waals surface area contributed by atoms with Gasteiger partial charge in [0.2, 0.25) is 0 Å². The lowest BCUT2D eigenvalue weighted by Crippen LogP contribution is -2.13. The third kappa shape index (κ3) is 3.98. The van der Waals surface area contributed by atoms with Crippen molar-refractivity contribution in [2.45, 2.75) is 6.42 Å². The molecule has 2 aromatic heterocycles. The lowest BCUT2D eigenvalue weighted by atomic mass is 10.1. The fourth-order valence-corrected chi connectivity index (χ4v) is 3.07. The summed E-state index contributed by atoms with van der Waals surface area (Å²) in [4.78, 5) is 19.9. The van der Waals surface area contributed by atoms with Crippen LogP contribution in [0.5, 0.6) is 0 Å². The number of carbonyl (C=O) groups is 1. The highest BCUT2D eigenvalue weighted by molar-refractivity contribution is 6.04. The van der Waals surface area contributed by atoms with E-state index in [1.165, 1.54) is 10.9 Å². The van der Waals surface area contributed by atoms with E-state index in [0.717, 1.165) is 29.9 Å². The number of anilines is 2. The van der Waals surface area contributed by atoms with Gasteiger partial charge >= 0.3 is 0 Å². The molecule has 0 saturated heterocycles. The average molecular weight is 356 g/mol. The van der Waals surface area contributed by atoms with Gasteiger partial charge in [-0.1, -0.05) is 36.4 Å². The second kappa shape index (κ2) is 7.74. The maximum absolute atomic E-state index is 12.4. The van der Waals surface area contributed by atoms with Crippen molar-refractivity contribution < 1.29 is 4.79 Å². The lowest BCUT2D eigenvalue weighted by Gasteiger charge is -2.08. The molecule has 0 atom stereocenters. The minimum atomic E-state index is -0.172. The fourth-order valence-electron chi connectivity index (χ4n) is 3.07. The Hall–Kier alpha value is -3.60. The molecular formula is C22H20N4O. The Bertz CT molecular complexity index is 1060. The van der Waals surface area contributed by atoms with Crippen LogP contribution in [0.1, 0.15) is 15.9 Å². The van der Waals surface area contributed by atoms with E-state index >= 15 is 0 Å². The standard InChI is InChI=1S/C22H20N4O/c27-22(26-18-6-2-1-3-7-18)17-12-19(15-23-13-17)24-11-10-16-14-25-21-9-5-4-8-20(16)21/h1-9,12-15,24-25H,10-11H2,(H,26,27). The summed E-state index contributed by atoms with van der Waals surface area (Å²) in [5, 5.41) is 7.47. The zero-order chi connectivity index (χ0) is 18.5. The maximum Gasteiger partial charge on any atom is 0.257 e. The fraction of sp³-hybridized carbons (Fsp3) is 0.0909. The number of fused-ring (bicyclic) bond motifs is 1. The molecule has 2 aromatic carbocycles. The Morgan fingerprint density at radius 1 is 0.963 bits per heavy atom. The number of carbonyl (C=O) groups excluding carboxylic acids is 1. The normalized spacial score (nSPS) is 10.7. The average Bonchev–Trinajstić information content (AvgIpc) is 3.12. The van der Waals surface area contributed by atoms with Gasteiger partial charge in [0.05, 0.1) is 11.3 Å². The number of rotatable bonds is 6. The van der Waals surface area contributed by atoms with Gasteiger partial charge in [-0.3, -0.25) is 9.78 Å². The topological polar surface area (TPSA) is 69.8 Å². The number of nitrogens with zero attached hydrogens (tertiary/aromatic N) is 1. The van der Waals surface area contributed by atoms with Crippen molar-refractivity contribution in [2.75, 3.05) is 17.2 Å². The van der Waals surface area contributed by atoms with Crippen LogP contribution in [0.4, 0.5) is 11.4 Å². The Kier molecular flexibility index (Phi) is 4.83. The number of hydrogen-bond donors (Lipinski definition) is 3. The molecule has 0 fully saturated rings. The molecule has 2 heterocycles. The molecule has 0 unspecified atom stereocenters. The van der Waals surface area contributed by atoms with E-state index in [0.29, 0.717) is 5.56 Å². The monoisotopic (exact) mass is 356 g/mol. The molecule has 0 radical (unpaired) electrons. The summed E-state index contributed by atoms with van der Waals surface area (Å²) in [5.41, 5.74) is 4.53. The molecule has 0 bridgehead atoms. The van der Waals surface area contributed by atoms with E-state index in [9.17, 15) is 4.79 Å². The lowest BCUT2D eigenvalue weighted by molar-refractivity contribution is 0.102. The van der Waals surface area contributed by atoms with Crippen molar-refractivity contribution in [1.29, 1.82) is 0 Å². The first-order chi connectivity index (χ1) is 13.3. The molecule has 134 valence electrons. The van der Waals surface area contributed by atoms with Crippen molar-refractivity contribution in [2.24, 2.45) is 0 Å². The SMILES string of the molecule is O=C(Nc1ccccc1)c1cncc(NCCc2c[nH]c3ccccc23)c1. The first-order valence-electron chi connectivity index (χ1n) is 8.90. The van der Waals surface area contributed by atoms with Crippen molar-refractivity contribution >= 4 is 28.2 Å². The molecule has 0 aliphatic rings. The number of hydrogen-bond acceptors (Lipinski definition) is 3. The summed E-state index contributed by atoms with van der Waals surface area (Å²) in [5.74, 6) is -0.172. The molecule has 1 amide bonds. The summed E-state index contributed by atoms with van der Waals surface area (Å²) in [6.45, 7) is 0.757. The highest BCUT2D eigenvalue weighted by Crippen LogP contribution is 2.18. The zero-order valence-electron chi connectivity index (χ0n) is 14.8. The van der Waals surface area contributed by atoms with Crippen LogP contribution in [-0.2, 0) is 6.42 Å². The van der Waals surface area contributed by atoms with Gasteiger partial charge in [0.25, 0.3) is 5.91 Å². The molecule has 5 nitrogen and oxygen atoms in total. The molecule has 0 aliphatic heterocycles. The first-order valence-corrected chi connectivity index (χ1v) is 8.90. The third-order valence-electron chi connectivity index (χ3n) is 4.43. The number of aromatic nitrogens is 2. The minimum Gasteiger partial charge on any atom is -0.383 e. The van der Waals surface area contributed by atoms with Gasteiger partial charge in [-0.2, -0.15) is 0 Å². The molecule has 27 heavy (non-hydrogen) atoms. The molecule has 0 aliphatic carbocycles. The second-order valence-electron chi connectivity index (χ2n) is 6.32. The predicted octanol–water partition coefficient (Wildman–Crippen LogP) is 4.47. The number of benzene rings is 2. The number of amides is 1. The predicted molar refractivity (Wildman–Crippen MR) is 109 cm³/mol. The van der Waals surface area contributed by atoms with Gasteiger partial charge in [-0.25, -0.2) is 0 Å². The van der Waals surface area contributed by atoms with Gasteiger partial charge in [0.1, 0.15) is 0 Å². The van der Waals surface area contributed by atoms with Crippen LogP contribution < -0.4 is 10.6 Å². The molecule has 0 saturated carbocycles. The van der Waals surface area contributed by atoms with Crippen LogP contribution in [0.3, 0.4) is 0 Å². The van der Waals surface area contributed by atoms with Gasteiger partial charge in [0.15, 0.2) is 0 Å². The van der Waals surface area contributed by atoms with Crippen LogP contribution in [0.15, 0.2) is 79.3 Å². The molecule has 5 heteroatoms. The Morgan fingerprint density at radius 3 is 2.67 bits per heavy atom. The first kappa shape index (κ1) is 16.8. The highest BCUT2D eigenvalue weighted by atomic mass is 16.1. The Labute approximate surface area is 157 Å². The Balaban J connectivity index is 1.38. The summed E-state index contributed by atoms with van der Waals surface area (Å²) in [6, 6.07) is 19.5. The van der Waals surface area contributed by atoms with Crippen LogP contribution in [-0.4, -0.2) is 22.4 Å². The number of para-hydroxylation sites is 2. The van der Waals surface area contributed by atoms with Crippen LogP contribution in [0.2, 0.25) is 0 Å². The van der Waals surface area contributed by atoms with E-state index in [2.05, 4.69) is 32.7 Å². The number of aromatic amines is 1. The second-order valence-corrected chi connectivity index (χ2v) is 6.32. The Morgan fingerprint density at radius 2 is 1.78 bits per heavy atom. The van der Waals surface area contributed by atoms with E-state index in [-0.39, 0.29) is 5.91 Å². The van der Waals surface area contributed by atoms with Gasteiger partial charge in [-0.05, 0) is 36.2 Å². The maximum atomic E-state index is 12.4. The molecule has 4 aromatic rings. The molecule has 4 rings (SSSR count). The minimum absolute atomic E-state index is 0.172. The van der Waals surface area contributed by atoms with Crippen molar-refractivity contribution in [1.82, 2.24) is 9.97 Å². The zero-order valence-corrected chi connectivity index (χ0v) is 14.8. The quantitative estimate of drug-likeness (QED) is 0.477. The molecular weight excluding hydrogens is 336 g/mol. The van der Waals surface area contributed by atoms with Gasteiger partial charge < -0.3 is 15.6 Å². The van der Waals surface area contributed by atoms with Crippen molar-refractivity contribution in [3.05, 3.63) is 90.4 Å². The third-order valence-corrected chi connectivity index (χ3v) is 4.43. The largest absolute Gasteiger partial charge is 0.383 e. The van der Waals surface area contributed by atoms with Crippen LogP contribution >= 0.6 is 0 Å². The highest BCUT2D eigenvalue weighted by Gasteiger charge is 2.08. The van der Waals surface area contributed by atoms with E-state index in [4.69, 9.17) is 0 Å². The van der Waals surface area contributed by atoms with Crippen LogP contribution in [0.25, 0.3) is 10.9 Å². The molecule has 3 N–H and O–H groups in total. The van der Waals surface area contributed by atoms with Gasteiger partial charge in [-0.15, -0.1) is 0 Å². The number of nitrogens with one attached hydrogen (secondary N) is 3. The summed E-state index contributed by atoms with van der Waals surface area (Å²) in [7, 11) is 0. The van der Waals surface area contributed by atoms with Gasteiger partial charge in [0, 0.05) is 41.7 Å². The van der Waals surface area contributed by atoms with Crippen LogP contribution in [0, 0.1) is 0 Å². The van der Waals surface area contributed by atoms with Crippen molar-refractivity contribution in [3.8, 4) is 0 Å². The van der Waals surface area contributed by atoms with E-state index in [1.807, 2.05) is 54.7 Å². The number of H-pyrrole nitrogens is 1. The summed E-state index contributed by atoms with van der Waals surface area (Å²) < 4.78 is 0. The van der Waals surface area contributed by atoms with E-state index < -0.39 is 0 Å². The summed E-state index contributed by atoms with van der Waals surface area (Å²) >= 11 is 0. The smallest absolute Gasteiger partial charge is 0.257 e. The summed E-state index contributed by atoms with van der Waals surface area (Å²) in [6.07, 6.45) is 6.23. The van der Waals surface area contributed by atoms with Crippen molar-refractivity contribution in [3.63, 3.8) is 0 Å². The molecule has 0 spiro atoms. The van der Waals surface area contributed by atoms with E-state index in [1.54, 1.807) is 12.4 Å².